The Morgan fingerprint density at radius 2 is 2.06 bits per heavy atom. The fourth-order valence-corrected chi connectivity index (χ4v) is 1.46. The molecule has 0 radical (unpaired) electrons. The third-order valence-corrected chi connectivity index (χ3v) is 2.41. The summed E-state index contributed by atoms with van der Waals surface area (Å²) in [7, 11) is 1.63. The molecule has 0 aliphatic rings. The molecule has 0 saturated heterocycles. The number of nitrogen functional groups attached to an aromatic ring is 1. The second-order valence-electron chi connectivity index (χ2n) is 3.77. The second-order valence-corrected chi connectivity index (χ2v) is 3.77. The monoisotopic (exact) mass is 237 g/mol. The summed E-state index contributed by atoms with van der Waals surface area (Å²) in [6.45, 7) is 1.02. The molecular weight excluding hydrogens is 218 g/mol. The van der Waals surface area contributed by atoms with E-state index in [9.17, 15) is 4.79 Å². The zero-order chi connectivity index (χ0) is 12.5. The predicted octanol–water partition coefficient (Wildman–Crippen LogP) is 1.78. The van der Waals surface area contributed by atoms with Crippen LogP contribution in [0.15, 0.2) is 24.3 Å². The van der Waals surface area contributed by atoms with E-state index in [0.29, 0.717) is 26.1 Å². The minimum Gasteiger partial charge on any atom is -0.466 e. The Hall–Kier alpha value is -1.55. The average molecular weight is 237 g/mol. The molecule has 0 unspecified atom stereocenters. The summed E-state index contributed by atoms with van der Waals surface area (Å²) in [6.07, 6.45) is 1.71. The number of benzene rings is 1. The van der Waals surface area contributed by atoms with E-state index < -0.39 is 0 Å². The zero-order valence-corrected chi connectivity index (χ0v) is 10.1. The lowest BCUT2D eigenvalue weighted by Crippen LogP contribution is -2.09. The van der Waals surface area contributed by atoms with Crippen molar-refractivity contribution in [1.29, 1.82) is 0 Å². The summed E-state index contributed by atoms with van der Waals surface area (Å²) in [4.78, 5) is 11.4. The highest BCUT2D eigenvalue weighted by molar-refractivity contribution is 5.70. The third-order valence-electron chi connectivity index (χ3n) is 2.41. The summed E-state index contributed by atoms with van der Waals surface area (Å²) in [5.41, 5.74) is 7.49. The molecule has 0 atom stereocenters. The molecule has 4 heteroatoms. The number of hydrogen-bond acceptors (Lipinski definition) is 4. The summed E-state index contributed by atoms with van der Waals surface area (Å²) >= 11 is 0. The summed E-state index contributed by atoms with van der Waals surface area (Å²) in [5.74, 6) is -0.190. The van der Waals surface area contributed by atoms with Crippen LogP contribution in [0.4, 0.5) is 5.69 Å². The molecule has 0 bridgehead atoms. The minimum absolute atomic E-state index is 0.190. The Morgan fingerprint density at radius 3 is 2.76 bits per heavy atom. The number of ether oxygens (including phenoxy) is 2. The first-order valence-corrected chi connectivity index (χ1v) is 5.72. The largest absolute Gasteiger partial charge is 0.466 e. The number of para-hydroxylation sites is 1. The van der Waals surface area contributed by atoms with Crippen molar-refractivity contribution in [2.75, 3.05) is 26.1 Å². The molecule has 1 aromatic rings. The molecule has 1 rings (SSSR count). The molecular formula is C13H19NO3. The van der Waals surface area contributed by atoms with Crippen LogP contribution in [0.1, 0.15) is 18.4 Å². The van der Waals surface area contributed by atoms with Crippen LogP contribution >= 0.6 is 0 Å². The van der Waals surface area contributed by atoms with Gasteiger partial charge in [-0.15, -0.1) is 0 Å². The van der Waals surface area contributed by atoms with E-state index >= 15 is 0 Å². The Morgan fingerprint density at radius 1 is 1.29 bits per heavy atom. The first-order chi connectivity index (χ1) is 8.24. The van der Waals surface area contributed by atoms with Crippen molar-refractivity contribution in [3.63, 3.8) is 0 Å². The first-order valence-electron chi connectivity index (χ1n) is 5.72. The van der Waals surface area contributed by atoms with Gasteiger partial charge in [-0.25, -0.2) is 0 Å². The van der Waals surface area contributed by atoms with E-state index in [1.54, 1.807) is 7.11 Å². The fourth-order valence-electron chi connectivity index (χ4n) is 1.46. The van der Waals surface area contributed by atoms with Crippen LogP contribution in [0.3, 0.4) is 0 Å². The molecule has 0 amide bonds. The molecule has 17 heavy (non-hydrogen) atoms. The highest BCUT2D eigenvalue weighted by Crippen LogP contribution is 2.12. The molecule has 4 nitrogen and oxygen atoms in total. The lowest BCUT2D eigenvalue weighted by atomic mass is 10.1. The molecule has 0 aromatic heterocycles. The summed E-state index contributed by atoms with van der Waals surface area (Å²) in [6, 6.07) is 7.55. The van der Waals surface area contributed by atoms with Crippen molar-refractivity contribution < 1.29 is 14.3 Å². The van der Waals surface area contributed by atoms with Crippen molar-refractivity contribution >= 4 is 11.7 Å². The standard InChI is InChI=1S/C13H19NO3/c1-16-9-4-10-17-13(15)8-7-11-5-2-3-6-12(11)14/h2-3,5-6H,4,7-10,14H2,1H3. The highest BCUT2D eigenvalue weighted by Gasteiger charge is 2.05. The first kappa shape index (κ1) is 13.5. The number of rotatable bonds is 7. The van der Waals surface area contributed by atoms with Crippen molar-refractivity contribution in [3.8, 4) is 0 Å². The molecule has 0 aliphatic heterocycles. The topological polar surface area (TPSA) is 61.5 Å². The molecule has 2 N–H and O–H groups in total. The van der Waals surface area contributed by atoms with Crippen LogP contribution in [-0.4, -0.2) is 26.3 Å². The lowest BCUT2D eigenvalue weighted by Gasteiger charge is -2.06. The Balaban J connectivity index is 2.22. The number of hydrogen-bond donors (Lipinski definition) is 1. The second kappa shape index (κ2) is 7.68. The smallest absolute Gasteiger partial charge is 0.306 e. The molecule has 0 spiro atoms. The van der Waals surface area contributed by atoms with E-state index in [-0.39, 0.29) is 5.97 Å². The van der Waals surface area contributed by atoms with Gasteiger partial charge in [-0.05, 0) is 18.1 Å². The van der Waals surface area contributed by atoms with Gasteiger partial charge in [-0.1, -0.05) is 18.2 Å². The third kappa shape index (κ3) is 5.36. The van der Waals surface area contributed by atoms with Crippen LogP contribution < -0.4 is 5.73 Å². The molecule has 0 aliphatic carbocycles. The normalized spacial score (nSPS) is 10.2. The quantitative estimate of drug-likeness (QED) is 0.446. The Labute approximate surface area is 102 Å². The average Bonchev–Trinajstić information content (AvgIpc) is 2.34. The maximum absolute atomic E-state index is 11.4. The fraction of sp³-hybridized carbons (Fsp3) is 0.462. The lowest BCUT2D eigenvalue weighted by molar-refractivity contribution is -0.143. The minimum atomic E-state index is -0.190. The van der Waals surface area contributed by atoms with Crippen LogP contribution in [0.25, 0.3) is 0 Å². The number of esters is 1. The van der Waals surface area contributed by atoms with E-state index in [1.165, 1.54) is 0 Å². The van der Waals surface area contributed by atoms with Gasteiger partial charge in [0.2, 0.25) is 0 Å². The van der Waals surface area contributed by atoms with Crippen molar-refractivity contribution in [2.24, 2.45) is 0 Å². The summed E-state index contributed by atoms with van der Waals surface area (Å²) in [5, 5.41) is 0. The van der Waals surface area contributed by atoms with Crippen molar-refractivity contribution in [1.82, 2.24) is 0 Å². The van der Waals surface area contributed by atoms with Gasteiger partial charge in [-0.3, -0.25) is 4.79 Å². The van der Waals surface area contributed by atoms with E-state index in [2.05, 4.69) is 0 Å². The number of carbonyl (C=O) groups excluding carboxylic acids is 1. The molecule has 94 valence electrons. The van der Waals surface area contributed by atoms with E-state index in [0.717, 1.165) is 17.7 Å². The van der Waals surface area contributed by atoms with E-state index in [1.807, 2.05) is 24.3 Å². The maximum Gasteiger partial charge on any atom is 0.306 e. The Bertz CT molecular complexity index is 352. The zero-order valence-electron chi connectivity index (χ0n) is 10.1. The molecule has 0 fully saturated rings. The highest BCUT2D eigenvalue weighted by atomic mass is 16.5. The molecule has 0 saturated carbocycles. The predicted molar refractivity (Wildman–Crippen MR) is 66.6 cm³/mol. The summed E-state index contributed by atoms with van der Waals surface area (Å²) < 4.78 is 9.91. The number of carbonyl (C=O) groups is 1. The van der Waals surface area contributed by atoms with Gasteiger partial charge in [0.25, 0.3) is 0 Å². The van der Waals surface area contributed by atoms with Crippen molar-refractivity contribution in [3.05, 3.63) is 29.8 Å². The SMILES string of the molecule is COCCCOC(=O)CCc1ccccc1N. The van der Waals surface area contributed by atoms with Gasteiger partial charge in [0.05, 0.1) is 6.61 Å². The number of nitrogens with two attached hydrogens (primary N) is 1. The van der Waals surface area contributed by atoms with Crippen LogP contribution in [0, 0.1) is 0 Å². The van der Waals surface area contributed by atoms with Crippen LogP contribution in [0.5, 0.6) is 0 Å². The van der Waals surface area contributed by atoms with Crippen LogP contribution in [0.2, 0.25) is 0 Å². The Kier molecular flexibility index (Phi) is 6.10. The van der Waals surface area contributed by atoms with Crippen LogP contribution in [-0.2, 0) is 20.7 Å². The molecule has 1 aromatic carbocycles. The number of methoxy groups -OCH3 is 1. The molecule has 0 heterocycles. The van der Waals surface area contributed by atoms with Gasteiger partial charge in [0, 0.05) is 32.2 Å². The van der Waals surface area contributed by atoms with Crippen molar-refractivity contribution in [2.45, 2.75) is 19.3 Å². The maximum atomic E-state index is 11.4. The van der Waals surface area contributed by atoms with E-state index in [4.69, 9.17) is 15.2 Å². The van der Waals surface area contributed by atoms with Gasteiger partial charge in [0.1, 0.15) is 0 Å². The number of anilines is 1. The van der Waals surface area contributed by atoms with Gasteiger partial charge < -0.3 is 15.2 Å². The van der Waals surface area contributed by atoms with Gasteiger partial charge in [-0.2, -0.15) is 0 Å². The van der Waals surface area contributed by atoms with Gasteiger partial charge in [0.15, 0.2) is 0 Å². The number of aryl methyl sites for hydroxylation is 1. The van der Waals surface area contributed by atoms with Gasteiger partial charge >= 0.3 is 5.97 Å².